The molecule has 1 heterocycles. The maximum atomic E-state index is 12.7. The van der Waals surface area contributed by atoms with E-state index >= 15 is 0 Å². The fraction of sp³-hybridized carbons (Fsp3) is 0.562. The molecule has 0 bridgehead atoms. The Morgan fingerprint density at radius 1 is 1.21 bits per heavy atom. The van der Waals surface area contributed by atoms with E-state index in [0.29, 0.717) is 32.4 Å². The van der Waals surface area contributed by atoms with Crippen LogP contribution in [0.1, 0.15) is 29.6 Å². The molecule has 7 nitrogen and oxygen atoms in total. The van der Waals surface area contributed by atoms with Crippen LogP contribution in [0, 0.1) is 0 Å². The maximum Gasteiger partial charge on any atom is 0.335 e. The van der Waals surface area contributed by atoms with Crippen molar-refractivity contribution in [1.82, 2.24) is 9.21 Å². The maximum absolute atomic E-state index is 12.7. The van der Waals surface area contributed by atoms with Gasteiger partial charge in [-0.1, -0.05) is 0 Å². The van der Waals surface area contributed by atoms with E-state index in [4.69, 9.17) is 5.11 Å². The van der Waals surface area contributed by atoms with Crippen molar-refractivity contribution >= 4 is 16.0 Å². The highest BCUT2D eigenvalue weighted by Gasteiger charge is 2.34. The molecule has 1 unspecified atom stereocenters. The minimum Gasteiger partial charge on any atom is -0.478 e. The molecule has 0 aliphatic carbocycles. The van der Waals surface area contributed by atoms with Gasteiger partial charge in [0.15, 0.2) is 0 Å². The molecule has 24 heavy (non-hydrogen) atoms. The molecule has 8 heteroatoms. The summed E-state index contributed by atoms with van der Waals surface area (Å²) in [7, 11) is 0.0619. The highest BCUT2D eigenvalue weighted by molar-refractivity contribution is 7.89. The fourth-order valence-corrected chi connectivity index (χ4v) is 4.54. The number of hydrogen-bond acceptors (Lipinski definition) is 5. The van der Waals surface area contributed by atoms with E-state index in [9.17, 15) is 18.3 Å². The number of benzene rings is 1. The lowest BCUT2D eigenvalue weighted by Gasteiger charge is -2.29. The minimum atomic E-state index is -3.69. The van der Waals surface area contributed by atoms with E-state index in [1.54, 1.807) is 0 Å². The van der Waals surface area contributed by atoms with Gasteiger partial charge in [-0.15, -0.1) is 0 Å². The third-order valence-corrected chi connectivity index (χ3v) is 6.14. The van der Waals surface area contributed by atoms with Crippen LogP contribution in [0.5, 0.6) is 0 Å². The summed E-state index contributed by atoms with van der Waals surface area (Å²) in [6, 6.07) is 5.20. The van der Waals surface area contributed by atoms with Crippen LogP contribution < -0.4 is 0 Å². The summed E-state index contributed by atoms with van der Waals surface area (Å²) in [5, 5.41) is 19.5. The second-order valence-electron chi connectivity index (χ2n) is 6.55. The Kier molecular flexibility index (Phi) is 5.64. The Bertz CT molecular complexity index is 687. The zero-order chi connectivity index (χ0) is 18.0. The summed E-state index contributed by atoms with van der Waals surface area (Å²) in [5.41, 5.74) is -0.842. The van der Waals surface area contributed by atoms with Crippen LogP contribution in [0.15, 0.2) is 29.2 Å². The normalized spacial score (nSPS) is 23.2. The Labute approximate surface area is 142 Å². The predicted octanol–water partition coefficient (Wildman–Crippen LogP) is 0.852. The van der Waals surface area contributed by atoms with E-state index < -0.39 is 21.6 Å². The van der Waals surface area contributed by atoms with Crippen molar-refractivity contribution in [3.63, 3.8) is 0 Å². The molecular formula is C16H24N2O5S. The van der Waals surface area contributed by atoms with Gasteiger partial charge in [0.05, 0.1) is 16.1 Å². The van der Waals surface area contributed by atoms with Gasteiger partial charge in [0.2, 0.25) is 10.0 Å². The minimum absolute atomic E-state index is 0.0465. The number of hydrogen-bond donors (Lipinski definition) is 2. The van der Waals surface area contributed by atoms with Gasteiger partial charge in [-0.05, 0) is 57.6 Å². The summed E-state index contributed by atoms with van der Waals surface area (Å²) in [6.07, 6.45) is 1.50. The van der Waals surface area contributed by atoms with Crippen molar-refractivity contribution in [2.24, 2.45) is 0 Å². The molecule has 0 spiro atoms. The second kappa shape index (κ2) is 7.18. The molecule has 0 amide bonds. The first kappa shape index (κ1) is 18.9. The fourth-order valence-electron chi connectivity index (χ4n) is 3.06. The van der Waals surface area contributed by atoms with E-state index in [0.717, 1.165) is 0 Å². The zero-order valence-corrected chi connectivity index (χ0v) is 14.8. The summed E-state index contributed by atoms with van der Waals surface area (Å²) in [6.45, 7) is 1.08. The van der Waals surface area contributed by atoms with E-state index in [2.05, 4.69) is 0 Å². The van der Waals surface area contributed by atoms with Gasteiger partial charge in [0, 0.05) is 19.6 Å². The third kappa shape index (κ3) is 4.32. The Morgan fingerprint density at radius 3 is 2.38 bits per heavy atom. The molecule has 1 aromatic rings. The van der Waals surface area contributed by atoms with E-state index in [-0.39, 0.29) is 17.0 Å². The van der Waals surface area contributed by atoms with Crippen molar-refractivity contribution in [3.05, 3.63) is 29.8 Å². The lowest BCUT2D eigenvalue weighted by atomic mass is 9.94. The Balaban J connectivity index is 2.16. The van der Waals surface area contributed by atoms with Crippen LogP contribution >= 0.6 is 0 Å². The van der Waals surface area contributed by atoms with Gasteiger partial charge in [0.1, 0.15) is 0 Å². The number of carboxylic acids is 1. The molecule has 0 saturated carbocycles. The molecule has 1 atom stereocenters. The molecule has 1 aliphatic rings. The number of rotatable bonds is 5. The SMILES string of the molecule is CN(C)CC1(O)CCCN(S(=O)(=O)c2ccc(C(=O)O)cc2)CC1. The molecule has 1 fully saturated rings. The summed E-state index contributed by atoms with van der Waals surface area (Å²) >= 11 is 0. The Hall–Kier alpha value is -1.48. The highest BCUT2D eigenvalue weighted by Crippen LogP contribution is 2.26. The van der Waals surface area contributed by atoms with Gasteiger partial charge in [0.25, 0.3) is 0 Å². The van der Waals surface area contributed by atoms with Crippen molar-refractivity contribution in [1.29, 1.82) is 0 Å². The van der Waals surface area contributed by atoms with Crippen LogP contribution in [-0.2, 0) is 10.0 Å². The molecule has 2 N–H and O–H groups in total. The first-order valence-electron chi connectivity index (χ1n) is 7.85. The molecule has 0 aromatic heterocycles. The largest absolute Gasteiger partial charge is 0.478 e. The van der Waals surface area contributed by atoms with Crippen molar-refractivity contribution in [3.8, 4) is 0 Å². The monoisotopic (exact) mass is 356 g/mol. The van der Waals surface area contributed by atoms with Gasteiger partial charge < -0.3 is 15.1 Å². The van der Waals surface area contributed by atoms with Gasteiger partial charge in [-0.3, -0.25) is 0 Å². The van der Waals surface area contributed by atoms with Crippen LogP contribution in [0.4, 0.5) is 0 Å². The average Bonchev–Trinajstić information content (AvgIpc) is 2.68. The number of nitrogens with zero attached hydrogens (tertiary/aromatic N) is 2. The van der Waals surface area contributed by atoms with Gasteiger partial charge in [-0.25, -0.2) is 13.2 Å². The molecular weight excluding hydrogens is 332 g/mol. The van der Waals surface area contributed by atoms with Gasteiger partial charge >= 0.3 is 5.97 Å². The summed E-state index contributed by atoms with van der Waals surface area (Å²) < 4.78 is 26.9. The van der Waals surface area contributed by atoms with Crippen LogP contribution in [0.25, 0.3) is 0 Å². The quantitative estimate of drug-likeness (QED) is 0.812. The predicted molar refractivity (Wildman–Crippen MR) is 89.5 cm³/mol. The molecule has 1 saturated heterocycles. The summed E-state index contributed by atoms with van der Waals surface area (Å²) in [5.74, 6) is -1.09. The van der Waals surface area contributed by atoms with Crippen LogP contribution in [0.2, 0.25) is 0 Å². The second-order valence-corrected chi connectivity index (χ2v) is 8.49. The van der Waals surface area contributed by atoms with Crippen molar-refractivity contribution in [2.45, 2.75) is 29.8 Å². The number of aromatic carboxylic acids is 1. The molecule has 0 radical (unpaired) electrons. The van der Waals surface area contributed by atoms with E-state index in [1.165, 1.54) is 28.6 Å². The average molecular weight is 356 g/mol. The lowest BCUT2D eigenvalue weighted by Crippen LogP contribution is -2.41. The number of likely N-dealkylation sites (N-methyl/N-ethyl adjacent to an activating group) is 1. The molecule has 2 rings (SSSR count). The molecule has 134 valence electrons. The first-order valence-corrected chi connectivity index (χ1v) is 9.29. The smallest absolute Gasteiger partial charge is 0.335 e. The Morgan fingerprint density at radius 2 is 1.83 bits per heavy atom. The highest BCUT2D eigenvalue weighted by atomic mass is 32.2. The molecule has 1 aliphatic heterocycles. The number of carbonyl (C=O) groups is 1. The van der Waals surface area contributed by atoms with Gasteiger partial charge in [-0.2, -0.15) is 4.31 Å². The topological polar surface area (TPSA) is 98.2 Å². The summed E-state index contributed by atoms with van der Waals surface area (Å²) in [4.78, 5) is 12.8. The third-order valence-electron chi connectivity index (χ3n) is 4.23. The van der Waals surface area contributed by atoms with Crippen LogP contribution in [-0.4, -0.2) is 73.1 Å². The molecule has 1 aromatic carbocycles. The van der Waals surface area contributed by atoms with Crippen LogP contribution in [0.3, 0.4) is 0 Å². The first-order chi connectivity index (χ1) is 11.1. The van der Waals surface area contributed by atoms with Crippen molar-refractivity contribution in [2.75, 3.05) is 33.7 Å². The zero-order valence-electron chi connectivity index (χ0n) is 14.0. The lowest BCUT2D eigenvalue weighted by molar-refractivity contribution is 0.00404. The van der Waals surface area contributed by atoms with E-state index in [1.807, 2.05) is 19.0 Å². The van der Waals surface area contributed by atoms with Crippen molar-refractivity contribution < 1.29 is 23.4 Å². The number of carboxylic acid groups (broad SMARTS) is 1. The standard InChI is InChI=1S/C16H24N2O5S/c1-17(2)12-16(21)8-3-10-18(11-9-16)24(22,23)14-6-4-13(5-7-14)15(19)20/h4-7,21H,3,8-12H2,1-2H3,(H,19,20). The number of aliphatic hydroxyl groups is 1. The number of sulfonamides is 1.